The van der Waals surface area contributed by atoms with E-state index < -0.39 is 35.6 Å². The van der Waals surface area contributed by atoms with Crippen molar-refractivity contribution >= 4 is 5.91 Å². The minimum absolute atomic E-state index is 0.132. The van der Waals surface area contributed by atoms with Gasteiger partial charge in [-0.3, -0.25) is 4.79 Å². The van der Waals surface area contributed by atoms with Crippen molar-refractivity contribution in [3.63, 3.8) is 0 Å². The van der Waals surface area contributed by atoms with Crippen molar-refractivity contribution in [2.45, 2.75) is 52.1 Å². The van der Waals surface area contributed by atoms with E-state index in [9.17, 15) is 23.1 Å². The first kappa shape index (κ1) is 20.8. The topological polar surface area (TPSA) is 82.4 Å². The molecule has 0 spiro atoms. The highest BCUT2D eigenvalue weighted by atomic mass is 19.4. The Balaban J connectivity index is 2.88. The smallest absolute Gasteiger partial charge is 0.406 e. The molecule has 8 heteroatoms. The van der Waals surface area contributed by atoms with Crippen LogP contribution in [0.5, 0.6) is 5.75 Å². The van der Waals surface area contributed by atoms with Crippen molar-refractivity contribution < 1.29 is 27.8 Å². The number of benzene rings is 1. The minimum atomic E-state index is -4.83. The lowest BCUT2D eigenvalue weighted by Gasteiger charge is -2.26. The molecule has 1 rings (SSSR count). The van der Waals surface area contributed by atoms with Crippen LogP contribution in [0.1, 0.15) is 45.2 Å². The number of hydrogen-bond acceptors (Lipinski definition) is 4. The first-order valence-corrected chi connectivity index (χ1v) is 7.62. The first-order chi connectivity index (χ1) is 11.4. The Morgan fingerprint density at radius 3 is 2.52 bits per heavy atom. The van der Waals surface area contributed by atoms with Gasteiger partial charge >= 0.3 is 6.36 Å². The van der Waals surface area contributed by atoms with Crippen molar-refractivity contribution in [1.82, 2.24) is 5.32 Å². The number of amides is 1. The summed E-state index contributed by atoms with van der Waals surface area (Å²) in [6, 6.07) is 6.17. The van der Waals surface area contributed by atoms with Crippen molar-refractivity contribution in [3.8, 4) is 11.8 Å². The third kappa shape index (κ3) is 7.44. The van der Waals surface area contributed by atoms with Gasteiger partial charge in [-0.15, -0.1) is 13.2 Å². The van der Waals surface area contributed by atoms with E-state index in [2.05, 4.69) is 10.1 Å². The standard InChI is InChI=1S/C17H21F3N2O3/c1-16(2,3)14(23)10-15(24)22-13(7-8-21)11-5-4-6-12(9-11)25-17(18,19)20/h4-6,9,13-14,23H,7,10H2,1-3H3,(H,22,24). The highest BCUT2D eigenvalue weighted by Crippen LogP contribution is 2.27. The molecule has 5 nitrogen and oxygen atoms in total. The summed E-state index contributed by atoms with van der Waals surface area (Å²) in [6.07, 6.45) is -6.03. The molecule has 2 unspecified atom stereocenters. The van der Waals surface area contributed by atoms with Gasteiger partial charge in [0.1, 0.15) is 5.75 Å². The van der Waals surface area contributed by atoms with E-state index in [4.69, 9.17) is 5.26 Å². The second-order valence-electron chi connectivity index (χ2n) is 6.69. The Morgan fingerprint density at radius 2 is 2.00 bits per heavy atom. The van der Waals surface area contributed by atoms with Crippen LogP contribution in [-0.4, -0.2) is 23.5 Å². The lowest BCUT2D eigenvalue weighted by molar-refractivity contribution is -0.274. The average Bonchev–Trinajstić information content (AvgIpc) is 2.44. The number of hydrogen-bond donors (Lipinski definition) is 2. The molecule has 138 valence electrons. The molecular formula is C17H21F3N2O3. The van der Waals surface area contributed by atoms with Gasteiger partial charge in [0.2, 0.25) is 5.91 Å². The van der Waals surface area contributed by atoms with Gasteiger partial charge in [-0.25, -0.2) is 0 Å². The molecule has 0 heterocycles. The summed E-state index contributed by atoms with van der Waals surface area (Å²) in [6.45, 7) is 5.32. The molecule has 2 atom stereocenters. The fourth-order valence-corrected chi connectivity index (χ4v) is 2.01. The van der Waals surface area contributed by atoms with E-state index in [1.807, 2.05) is 6.07 Å². The molecule has 0 saturated carbocycles. The summed E-state index contributed by atoms with van der Waals surface area (Å²) >= 11 is 0. The van der Waals surface area contributed by atoms with Crippen LogP contribution < -0.4 is 10.1 Å². The number of alkyl halides is 3. The molecular weight excluding hydrogens is 337 g/mol. The summed E-state index contributed by atoms with van der Waals surface area (Å²) in [7, 11) is 0. The second kappa shape index (κ2) is 8.21. The first-order valence-electron chi connectivity index (χ1n) is 7.62. The van der Waals surface area contributed by atoms with Crippen molar-refractivity contribution in [3.05, 3.63) is 29.8 Å². The summed E-state index contributed by atoms with van der Waals surface area (Å²) in [5.41, 5.74) is -0.190. The molecule has 0 aromatic heterocycles. The normalized spacial score (nSPS) is 14.3. The lowest BCUT2D eigenvalue weighted by atomic mass is 9.87. The fourth-order valence-electron chi connectivity index (χ4n) is 2.01. The third-order valence-electron chi connectivity index (χ3n) is 3.50. The fraction of sp³-hybridized carbons (Fsp3) is 0.529. The summed E-state index contributed by atoms with van der Waals surface area (Å²) in [5.74, 6) is -0.929. The SMILES string of the molecule is CC(C)(C)C(O)CC(=O)NC(CC#N)c1cccc(OC(F)(F)F)c1. The molecule has 0 bridgehead atoms. The quantitative estimate of drug-likeness (QED) is 0.816. The van der Waals surface area contributed by atoms with Crippen LogP contribution in [0.3, 0.4) is 0 Å². The van der Waals surface area contributed by atoms with Crippen LogP contribution in [0.15, 0.2) is 24.3 Å². The number of aliphatic hydroxyl groups is 1. The molecule has 0 saturated heterocycles. The Morgan fingerprint density at radius 1 is 1.36 bits per heavy atom. The van der Waals surface area contributed by atoms with Gasteiger partial charge < -0.3 is 15.2 Å². The Hall–Kier alpha value is -2.27. The van der Waals surface area contributed by atoms with Crippen LogP contribution in [0.2, 0.25) is 0 Å². The van der Waals surface area contributed by atoms with Crippen molar-refractivity contribution in [2.75, 3.05) is 0 Å². The average molecular weight is 358 g/mol. The highest BCUT2D eigenvalue weighted by Gasteiger charge is 2.31. The number of nitrogens with zero attached hydrogens (tertiary/aromatic N) is 1. The van der Waals surface area contributed by atoms with Gasteiger partial charge in [-0.2, -0.15) is 5.26 Å². The number of rotatable bonds is 6. The Kier molecular flexibility index (Phi) is 6.82. The maximum absolute atomic E-state index is 12.3. The molecule has 0 radical (unpaired) electrons. The maximum atomic E-state index is 12.3. The van der Waals surface area contributed by atoms with Crippen LogP contribution in [0.25, 0.3) is 0 Å². The molecule has 1 amide bonds. The number of nitrogens with one attached hydrogen (secondary N) is 1. The van der Waals surface area contributed by atoms with Crippen LogP contribution in [0.4, 0.5) is 13.2 Å². The predicted octanol–water partition coefficient (Wildman–Crippen LogP) is 3.45. The zero-order valence-electron chi connectivity index (χ0n) is 14.2. The van der Waals surface area contributed by atoms with E-state index in [1.54, 1.807) is 20.8 Å². The second-order valence-corrected chi connectivity index (χ2v) is 6.69. The third-order valence-corrected chi connectivity index (χ3v) is 3.50. The largest absolute Gasteiger partial charge is 0.573 e. The maximum Gasteiger partial charge on any atom is 0.573 e. The van der Waals surface area contributed by atoms with Gasteiger partial charge in [-0.1, -0.05) is 32.9 Å². The molecule has 25 heavy (non-hydrogen) atoms. The van der Waals surface area contributed by atoms with E-state index in [0.717, 1.165) is 12.1 Å². The molecule has 0 aliphatic heterocycles. The van der Waals surface area contributed by atoms with Gasteiger partial charge in [-0.05, 0) is 23.1 Å². The zero-order valence-corrected chi connectivity index (χ0v) is 14.2. The lowest BCUT2D eigenvalue weighted by Crippen LogP contribution is -2.35. The number of aliphatic hydroxyl groups excluding tert-OH is 1. The van der Waals surface area contributed by atoms with E-state index in [-0.39, 0.29) is 12.8 Å². The van der Waals surface area contributed by atoms with Crippen LogP contribution in [-0.2, 0) is 4.79 Å². The minimum Gasteiger partial charge on any atom is -0.406 e. The van der Waals surface area contributed by atoms with E-state index >= 15 is 0 Å². The van der Waals surface area contributed by atoms with E-state index in [1.165, 1.54) is 12.1 Å². The number of ether oxygens (including phenoxy) is 1. The molecule has 1 aromatic rings. The van der Waals surface area contributed by atoms with Crippen molar-refractivity contribution in [1.29, 1.82) is 5.26 Å². The number of halogens is 3. The number of carbonyl (C=O) groups is 1. The van der Waals surface area contributed by atoms with Gasteiger partial charge in [0.25, 0.3) is 0 Å². The number of carbonyl (C=O) groups excluding carboxylic acids is 1. The monoisotopic (exact) mass is 358 g/mol. The van der Waals surface area contributed by atoms with E-state index in [0.29, 0.717) is 5.56 Å². The molecule has 2 N–H and O–H groups in total. The van der Waals surface area contributed by atoms with Gasteiger partial charge in [0.05, 0.1) is 31.1 Å². The number of nitriles is 1. The highest BCUT2D eigenvalue weighted by molar-refractivity contribution is 5.77. The van der Waals surface area contributed by atoms with Crippen LogP contribution >= 0.6 is 0 Å². The summed E-state index contributed by atoms with van der Waals surface area (Å²) in [5, 5.41) is 21.5. The zero-order chi connectivity index (χ0) is 19.3. The van der Waals surface area contributed by atoms with Gasteiger partial charge in [0.15, 0.2) is 0 Å². The molecule has 0 aliphatic carbocycles. The van der Waals surface area contributed by atoms with Crippen molar-refractivity contribution in [2.24, 2.45) is 5.41 Å². The summed E-state index contributed by atoms with van der Waals surface area (Å²) in [4.78, 5) is 12.1. The Bertz CT molecular complexity index is 633. The summed E-state index contributed by atoms with van der Waals surface area (Å²) < 4.78 is 40.8. The predicted molar refractivity (Wildman–Crippen MR) is 84.3 cm³/mol. The Labute approximate surface area is 144 Å². The van der Waals surface area contributed by atoms with Gasteiger partial charge in [0, 0.05) is 0 Å². The van der Waals surface area contributed by atoms with Crippen LogP contribution in [0, 0.1) is 16.7 Å². The molecule has 0 aliphatic rings. The molecule has 0 fully saturated rings. The molecule has 1 aromatic carbocycles.